The number of carbonyl (C=O) groups excluding carboxylic acids is 2. The number of amides is 2. The van der Waals surface area contributed by atoms with Crippen molar-refractivity contribution >= 4 is 41.0 Å². The summed E-state index contributed by atoms with van der Waals surface area (Å²) in [6, 6.07) is 7.21. The summed E-state index contributed by atoms with van der Waals surface area (Å²) in [5.41, 5.74) is 0.465. The van der Waals surface area contributed by atoms with E-state index in [2.05, 4.69) is 34.0 Å². The lowest BCUT2D eigenvalue weighted by molar-refractivity contribution is -0.118. The van der Waals surface area contributed by atoms with Gasteiger partial charge in [-0.1, -0.05) is 37.2 Å². The van der Waals surface area contributed by atoms with Gasteiger partial charge in [0.1, 0.15) is 16.8 Å². The molecule has 178 valence electrons. The molecule has 1 atom stereocenters. The van der Waals surface area contributed by atoms with Crippen LogP contribution in [0.15, 0.2) is 35.5 Å². The molecule has 1 aliphatic heterocycles. The van der Waals surface area contributed by atoms with Crippen LogP contribution in [0.4, 0.5) is 10.2 Å². The molecule has 1 saturated heterocycles. The topological polar surface area (TPSA) is 78.4 Å². The minimum absolute atomic E-state index is 0.0627. The van der Waals surface area contributed by atoms with Gasteiger partial charge < -0.3 is 15.1 Å². The first kappa shape index (κ1) is 25.2. The van der Waals surface area contributed by atoms with E-state index < -0.39 is 0 Å². The van der Waals surface area contributed by atoms with Crippen molar-refractivity contribution in [1.29, 1.82) is 0 Å². The van der Waals surface area contributed by atoms with E-state index >= 15 is 0 Å². The molecule has 0 radical (unpaired) electrons. The van der Waals surface area contributed by atoms with Crippen LogP contribution < -0.4 is 10.2 Å². The second-order valence-electron chi connectivity index (χ2n) is 8.45. The van der Waals surface area contributed by atoms with Crippen LogP contribution in [-0.2, 0) is 4.79 Å². The summed E-state index contributed by atoms with van der Waals surface area (Å²) in [6.07, 6.45) is 0.933. The zero-order valence-corrected chi connectivity index (χ0v) is 20.6. The molecule has 0 spiro atoms. The van der Waals surface area contributed by atoms with Crippen LogP contribution in [0, 0.1) is 11.7 Å². The highest BCUT2D eigenvalue weighted by molar-refractivity contribution is 7.99. The average Bonchev–Trinajstić information content (AvgIpc) is 2.77. The Balaban J connectivity index is 1.59. The van der Waals surface area contributed by atoms with Gasteiger partial charge >= 0.3 is 0 Å². The van der Waals surface area contributed by atoms with Crippen LogP contribution in [0.1, 0.15) is 37.6 Å². The second kappa shape index (κ2) is 11.7. The summed E-state index contributed by atoms with van der Waals surface area (Å²) >= 11 is 7.47. The molecule has 1 unspecified atom stereocenters. The van der Waals surface area contributed by atoms with Crippen molar-refractivity contribution < 1.29 is 14.0 Å². The number of aromatic nitrogens is 2. The number of anilines is 1. The first-order valence-electron chi connectivity index (χ1n) is 11.0. The Bertz CT molecular complexity index is 976. The third-order valence-electron chi connectivity index (χ3n) is 5.34. The minimum atomic E-state index is -0.369. The Morgan fingerprint density at radius 2 is 1.97 bits per heavy atom. The molecule has 33 heavy (non-hydrogen) atoms. The largest absolute Gasteiger partial charge is 0.355 e. The van der Waals surface area contributed by atoms with Crippen LogP contribution >= 0.6 is 23.4 Å². The molecule has 0 aliphatic carbocycles. The number of carbonyl (C=O) groups is 2. The fourth-order valence-electron chi connectivity index (χ4n) is 3.52. The maximum absolute atomic E-state index is 13.2. The van der Waals surface area contributed by atoms with Crippen LogP contribution in [0.3, 0.4) is 0 Å². The van der Waals surface area contributed by atoms with E-state index in [1.165, 1.54) is 36.0 Å². The van der Waals surface area contributed by atoms with Gasteiger partial charge in [0, 0.05) is 43.9 Å². The van der Waals surface area contributed by atoms with Crippen molar-refractivity contribution in [3.05, 3.63) is 46.9 Å². The molecule has 1 aromatic heterocycles. The SMILES string of the molecule is CC(C)CCNC(=O)CSc1nc(Cl)cc(N2CCN(C(=O)c3ccc(F)cc3)C(C)C2)n1. The normalized spacial score (nSPS) is 16.2. The standard InChI is InChI=1S/C23H29ClFN5O2S/c1-15(2)8-9-26-21(31)14-33-23-27-19(24)12-20(28-23)29-10-11-30(16(3)13-29)22(32)17-4-6-18(25)7-5-17/h4-7,12,15-16H,8-11,13-14H2,1-3H3,(H,26,31). The number of hydrogen-bond acceptors (Lipinski definition) is 6. The number of nitrogens with one attached hydrogen (secondary N) is 1. The monoisotopic (exact) mass is 493 g/mol. The van der Waals surface area contributed by atoms with E-state index in [-0.39, 0.29) is 29.4 Å². The van der Waals surface area contributed by atoms with Crippen molar-refractivity contribution in [3.63, 3.8) is 0 Å². The van der Waals surface area contributed by atoms with Gasteiger partial charge in [-0.15, -0.1) is 0 Å². The van der Waals surface area contributed by atoms with Crippen molar-refractivity contribution in [3.8, 4) is 0 Å². The smallest absolute Gasteiger partial charge is 0.254 e. The van der Waals surface area contributed by atoms with Crippen molar-refractivity contribution in [2.24, 2.45) is 5.92 Å². The molecular formula is C23H29ClFN5O2S. The third-order valence-corrected chi connectivity index (χ3v) is 6.38. The van der Waals surface area contributed by atoms with Gasteiger partial charge in [0.25, 0.3) is 5.91 Å². The Morgan fingerprint density at radius 1 is 1.24 bits per heavy atom. The summed E-state index contributed by atoms with van der Waals surface area (Å²) in [5, 5.41) is 3.64. The van der Waals surface area contributed by atoms with Gasteiger partial charge in [-0.05, 0) is 43.5 Å². The van der Waals surface area contributed by atoms with Gasteiger partial charge in [-0.2, -0.15) is 0 Å². The summed E-state index contributed by atoms with van der Waals surface area (Å²) in [7, 11) is 0. The van der Waals surface area contributed by atoms with Crippen LogP contribution in [0.2, 0.25) is 5.15 Å². The molecule has 2 amide bonds. The summed E-state index contributed by atoms with van der Waals surface area (Å²) < 4.78 is 13.2. The molecule has 2 aromatic rings. The molecule has 0 bridgehead atoms. The number of piperazine rings is 1. The number of rotatable bonds is 8. The van der Waals surface area contributed by atoms with Crippen LogP contribution in [0.5, 0.6) is 0 Å². The minimum Gasteiger partial charge on any atom is -0.355 e. The highest BCUT2D eigenvalue weighted by Crippen LogP contribution is 2.24. The predicted molar refractivity (Wildman–Crippen MR) is 129 cm³/mol. The molecule has 3 rings (SSSR count). The van der Waals surface area contributed by atoms with E-state index in [0.717, 1.165) is 6.42 Å². The zero-order chi connectivity index (χ0) is 24.0. The number of benzene rings is 1. The van der Waals surface area contributed by atoms with Gasteiger partial charge in [-0.25, -0.2) is 14.4 Å². The maximum Gasteiger partial charge on any atom is 0.254 e. The van der Waals surface area contributed by atoms with Gasteiger partial charge in [0.15, 0.2) is 5.16 Å². The van der Waals surface area contributed by atoms with Crippen LogP contribution in [0.25, 0.3) is 0 Å². The first-order valence-corrected chi connectivity index (χ1v) is 12.3. The van der Waals surface area contributed by atoms with Crippen molar-refractivity contribution in [2.75, 3.05) is 36.8 Å². The Labute approximate surface area is 203 Å². The zero-order valence-electron chi connectivity index (χ0n) is 19.1. The highest BCUT2D eigenvalue weighted by atomic mass is 35.5. The number of thioether (sulfide) groups is 1. The predicted octanol–water partition coefficient (Wildman–Crippen LogP) is 3.87. The Hall–Kier alpha value is -2.39. The fraction of sp³-hybridized carbons (Fsp3) is 0.478. The molecular weight excluding hydrogens is 465 g/mol. The molecule has 1 aromatic carbocycles. The Morgan fingerprint density at radius 3 is 2.64 bits per heavy atom. The lowest BCUT2D eigenvalue weighted by Crippen LogP contribution is -2.54. The van der Waals surface area contributed by atoms with Crippen molar-refractivity contribution in [1.82, 2.24) is 20.2 Å². The van der Waals surface area contributed by atoms with Gasteiger partial charge in [0.2, 0.25) is 5.91 Å². The number of nitrogens with zero attached hydrogens (tertiary/aromatic N) is 4. The highest BCUT2D eigenvalue weighted by Gasteiger charge is 2.29. The van der Waals surface area contributed by atoms with Crippen molar-refractivity contribution in [2.45, 2.75) is 38.4 Å². The van der Waals surface area contributed by atoms with E-state index in [4.69, 9.17) is 11.6 Å². The second-order valence-corrected chi connectivity index (χ2v) is 9.78. The third kappa shape index (κ3) is 7.30. The maximum atomic E-state index is 13.2. The summed E-state index contributed by atoms with van der Waals surface area (Å²) in [5.74, 6) is 0.861. The van der Waals surface area contributed by atoms with E-state index in [0.29, 0.717) is 53.8 Å². The Kier molecular flexibility index (Phi) is 8.91. The van der Waals surface area contributed by atoms with E-state index in [1.54, 1.807) is 11.0 Å². The van der Waals surface area contributed by atoms with E-state index in [1.807, 2.05) is 6.92 Å². The molecule has 0 saturated carbocycles. The quantitative estimate of drug-likeness (QED) is 0.341. The molecule has 7 nitrogen and oxygen atoms in total. The summed E-state index contributed by atoms with van der Waals surface area (Å²) in [4.78, 5) is 37.5. The molecule has 1 fully saturated rings. The number of hydrogen-bond donors (Lipinski definition) is 1. The average molecular weight is 494 g/mol. The van der Waals surface area contributed by atoms with Gasteiger partial charge in [0.05, 0.1) is 5.75 Å². The fourth-order valence-corrected chi connectivity index (χ4v) is 4.43. The molecule has 1 N–H and O–H groups in total. The number of halogens is 2. The molecule has 1 aliphatic rings. The molecule has 10 heteroatoms. The van der Waals surface area contributed by atoms with Gasteiger partial charge in [-0.3, -0.25) is 9.59 Å². The summed E-state index contributed by atoms with van der Waals surface area (Å²) in [6.45, 7) is 8.48. The molecule has 2 heterocycles. The van der Waals surface area contributed by atoms with E-state index in [9.17, 15) is 14.0 Å². The lowest BCUT2D eigenvalue weighted by atomic mass is 10.1. The first-order chi connectivity index (χ1) is 15.7. The van der Waals surface area contributed by atoms with Crippen LogP contribution in [-0.4, -0.2) is 64.7 Å². The lowest BCUT2D eigenvalue weighted by Gasteiger charge is -2.40.